The number of amides is 1. The molecule has 2 aliphatic rings. The molecule has 1 N–H and O–H groups in total. The topological polar surface area (TPSA) is 84.9 Å². The van der Waals surface area contributed by atoms with Crippen molar-refractivity contribution in [1.29, 1.82) is 0 Å². The largest absolute Gasteiger partial charge is 0.486 e. The van der Waals surface area contributed by atoms with Crippen LogP contribution in [0.3, 0.4) is 0 Å². The van der Waals surface area contributed by atoms with Crippen LogP contribution in [-0.4, -0.2) is 38.4 Å². The van der Waals surface area contributed by atoms with Gasteiger partial charge in [-0.25, -0.2) is 8.42 Å². The van der Waals surface area contributed by atoms with Crippen LogP contribution in [0.5, 0.6) is 11.5 Å². The molecule has 3 aromatic rings. The number of carbonyl (C=O) groups is 1. The molecule has 9 heteroatoms. The van der Waals surface area contributed by atoms with Gasteiger partial charge in [0, 0.05) is 18.5 Å². The normalized spacial score (nSPS) is 16.6. The van der Waals surface area contributed by atoms with Crippen LogP contribution in [0.1, 0.15) is 40.0 Å². The molecule has 1 atom stereocenters. The Morgan fingerprint density at radius 3 is 2.64 bits per heavy atom. The van der Waals surface area contributed by atoms with E-state index in [2.05, 4.69) is 5.32 Å². The first-order valence-corrected chi connectivity index (χ1v) is 13.1. The summed E-state index contributed by atoms with van der Waals surface area (Å²) >= 11 is 1.07. The zero-order chi connectivity index (χ0) is 23.0. The van der Waals surface area contributed by atoms with Gasteiger partial charge in [-0.3, -0.25) is 4.79 Å². The number of rotatable bonds is 5. The predicted molar refractivity (Wildman–Crippen MR) is 125 cm³/mol. The maximum Gasteiger partial charge on any atom is 0.252 e. The molecule has 0 fully saturated rings. The molecule has 0 unspecified atom stereocenters. The fourth-order valence-corrected chi connectivity index (χ4v) is 6.80. The molecule has 33 heavy (non-hydrogen) atoms. The molecule has 1 amide bonds. The molecule has 7 nitrogen and oxygen atoms in total. The van der Waals surface area contributed by atoms with E-state index >= 15 is 0 Å². The van der Waals surface area contributed by atoms with Gasteiger partial charge in [-0.2, -0.15) is 4.31 Å². The van der Waals surface area contributed by atoms with Crippen LogP contribution in [0.4, 0.5) is 0 Å². The molecule has 2 aliphatic heterocycles. The van der Waals surface area contributed by atoms with Crippen LogP contribution in [-0.2, 0) is 23.0 Å². The molecule has 3 heterocycles. The fourth-order valence-electron chi connectivity index (χ4n) is 4.07. The van der Waals surface area contributed by atoms with Gasteiger partial charge in [0.05, 0.1) is 11.6 Å². The molecule has 2 aromatic carbocycles. The standard InChI is InChI=1S/C24H24N2O5S2/c1-16(18-6-7-21-22(12-18)31-11-10-30-21)25-24(27)20-13-23(32-15-20)33(28,29)26-9-8-17-4-2-3-5-19(17)14-26/h2-7,12-13,15-16H,8-11,14H2,1H3,(H,25,27)/t16-/m0/s1. The van der Waals surface area contributed by atoms with E-state index in [9.17, 15) is 13.2 Å². The fraction of sp³-hybridized carbons (Fsp3) is 0.292. The van der Waals surface area contributed by atoms with Crippen LogP contribution in [0.15, 0.2) is 58.1 Å². The Labute approximate surface area is 197 Å². The lowest BCUT2D eigenvalue weighted by atomic mass is 10.0. The highest BCUT2D eigenvalue weighted by atomic mass is 32.2. The minimum Gasteiger partial charge on any atom is -0.486 e. The summed E-state index contributed by atoms with van der Waals surface area (Å²) in [4.78, 5) is 12.8. The van der Waals surface area contributed by atoms with E-state index in [0.29, 0.717) is 49.8 Å². The van der Waals surface area contributed by atoms with Crippen LogP contribution in [0.2, 0.25) is 0 Å². The Bertz CT molecular complexity index is 1300. The summed E-state index contributed by atoms with van der Waals surface area (Å²) in [6, 6.07) is 14.6. The quantitative estimate of drug-likeness (QED) is 0.596. The molecule has 0 saturated carbocycles. The predicted octanol–water partition coefficient (Wildman–Crippen LogP) is 3.76. The van der Waals surface area contributed by atoms with Gasteiger partial charge < -0.3 is 14.8 Å². The van der Waals surface area contributed by atoms with Crippen molar-refractivity contribution in [3.05, 3.63) is 76.2 Å². The molecule has 1 aromatic heterocycles. The maximum atomic E-state index is 13.2. The molecule has 172 valence electrons. The molecule has 0 bridgehead atoms. The molecular formula is C24H24N2O5S2. The number of nitrogens with zero attached hydrogens (tertiary/aromatic N) is 1. The van der Waals surface area contributed by atoms with Crippen molar-refractivity contribution in [2.24, 2.45) is 0 Å². The first-order valence-electron chi connectivity index (χ1n) is 10.8. The van der Waals surface area contributed by atoms with E-state index in [1.165, 1.54) is 15.9 Å². The number of carbonyl (C=O) groups excluding carboxylic acids is 1. The van der Waals surface area contributed by atoms with Gasteiger partial charge >= 0.3 is 0 Å². The van der Waals surface area contributed by atoms with Gasteiger partial charge in [-0.15, -0.1) is 11.3 Å². The number of sulfonamides is 1. The van der Waals surface area contributed by atoms with Crippen molar-refractivity contribution < 1.29 is 22.7 Å². The number of benzene rings is 2. The van der Waals surface area contributed by atoms with E-state index in [0.717, 1.165) is 22.5 Å². The van der Waals surface area contributed by atoms with Crippen molar-refractivity contribution in [2.45, 2.75) is 30.1 Å². The lowest BCUT2D eigenvalue weighted by molar-refractivity contribution is 0.0940. The lowest BCUT2D eigenvalue weighted by Crippen LogP contribution is -2.35. The second kappa shape index (κ2) is 8.81. The Kier molecular flexibility index (Phi) is 5.86. The van der Waals surface area contributed by atoms with Crippen LogP contribution in [0, 0.1) is 0 Å². The average Bonchev–Trinajstić information content (AvgIpc) is 3.35. The van der Waals surface area contributed by atoms with Crippen molar-refractivity contribution >= 4 is 27.3 Å². The summed E-state index contributed by atoms with van der Waals surface area (Å²) in [5.41, 5.74) is 3.42. The van der Waals surface area contributed by atoms with Crippen LogP contribution >= 0.6 is 11.3 Å². The number of fused-ring (bicyclic) bond motifs is 2. The Morgan fingerprint density at radius 2 is 1.82 bits per heavy atom. The third kappa shape index (κ3) is 4.36. The minimum absolute atomic E-state index is 0.180. The van der Waals surface area contributed by atoms with Crippen molar-refractivity contribution in [3.8, 4) is 11.5 Å². The van der Waals surface area contributed by atoms with Gasteiger partial charge in [-0.1, -0.05) is 30.3 Å². The first-order chi connectivity index (χ1) is 15.9. The van der Waals surface area contributed by atoms with E-state index in [1.807, 2.05) is 49.4 Å². The maximum absolute atomic E-state index is 13.2. The summed E-state index contributed by atoms with van der Waals surface area (Å²) in [7, 11) is -3.67. The highest BCUT2D eigenvalue weighted by Crippen LogP contribution is 2.33. The van der Waals surface area contributed by atoms with Crippen LogP contribution < -0.4 is 14.8 Å². The average molecular weight is 485 g/mol. The number of ether oxygens (including phenoxy) is 2. The highest BCUT2D eigenvalue weighted by Gasteiger charge is 2.30. The molecule has 0 saturated heterocycles. The van der Waals surface area contributed by atoms with Crippen molar-refractivity contribution in [2.75, 3.05) is 19.8 Å². The second-order valence-corrected chi connectivity index (χ2v) is 11.2. The zero-order valence-electron chi connectivity index (χ0n) is 18.1. The van der Waals surface area contributed by atoms with Gasteiger partial charge in [0.1, 0.15) is 17.4 Å². The summed E-state index contributed by atoms with van der Waals surface area (Å²) < 4.78 is 39.2. The number of hydrogen-bond acceptors (Lipinski definition) is 6. The SMILES string of the molecule is C[C@H](NC(=O)c1csc(S(=O)(=O)N2CCc3ccccc3C2)c1)c1ccc2c(c1)OCCO2. The summed E-state index contributed by atoms with van der Waals surface area (Å²) in [5.74, 6) is 1.03. The van der Waals surface area contributed by atoms with E-state index < -0.39 is 10.0 Å². The van der Waals surface area contributed by atoms with Gasteiger partial charge in [0.15, 0.2) is 11.5 Å². The monoisotopic (exact) mass is 484 g/mol. The van der Waals surface area contributed by atoms with Crippen molar-refractivity contribution in [1.82, 2.24) is 9.62 Å². The van der Waals surface area contributed by atoms with Crippen LogP contribution in [0.25, 0.3) is 0 Å². The third-order valence-electron chi connectivity index (χ3n) is 5.94. The van der Waals surface area contributed by atoms with Gasteiger partial charge in [-0.05, 0) is 48.2 Å². The second-order valence-electron chi connectivity index (χ2n) is 8.11. The molecule has 5 rings (SSSR count). The lowest BCUT2D eigenvalue weighted by Gasteiger charge is -2.27. The van der Waals surface area contributed by atoms with Crippen molar-refractivity contribution in [3.63, 3.8) is 0 Å². The Hall–Kier alpha value is -2.88. The number of thiophene rings is 1. The summed E-state index contributed by atoms with van der Waals surface area (Å²) in [6.07, 6.45) is 0.682. The molecular weight excluding hydrogens is 460 g/mol. The molecule has 0 radical (unpaired) electrons. The first kappa shape index (κ1) is 21.9. The minimum atomic E-state index is -3.67. The number of nitrogens with one attached hydrogen (secondary N) is 1. The van der Waals surface area contributed by atoms with E-state index in [1.54, 1.807) is 5.38 Å². The smallest absolute Gasteiger partial charge is 0.252 e. The Morgan fingerprint density at radius 1 is 1.06 bits per heavy atom. The van der Waals surface area contributed by atoms with E-state index in [4.69, 9.17) is 9.47 Å². The summed E-state index contributed by atoms with van der Waals surface area (Å²) in [6.45, 7) is 3.66. The Balaban J connectivity index is 1.28. The third-order valence-corrected chi connectivity index (χ3v) is 9.20. The number of hydrogen-bond donors (Lipinski definition) is 1. The molecule has 0 aliphatic carbocycles. The summed E-state index contributed by atoms with van der Waals surface area (Å²) in [5, 5.41) is 4.53. The van der Waals surface area contributed by atoms with Gasteiger partial charge in [0.2, 0.25) is 0 Å². The zero-order valence-corrected chi connectivity index (χ0v) is 19.7. The molecule has 0 spiro atoms. The van der Waals surface area contributed by atoms with Gasteiger partial charge in [0.25, 0.3) is 15.9 Å². The van der Waals surface area contributed by atoms with E-state index in [-0.39, 0.29) is 16.2 Å². The highest BCUT2D eigenvalue weighted by molar-refractivity contribution is 7.91.